The maximum atomic E-state index is 5.85. The van der Waals surface area contributed by atoms with Gasteiger partial charge in [0.1, 0.15) is 8.24 Å². The van der Waals surface area contributed by atoms with Crippen LogP contribution in [0, 0.1) is 0 Å². The van der Waals surface area contributed by atoms with E-state index in [1.54, 1.807) is 0 Å². The third kappa shape index (κ3) is 5.29. The Morgan fingerprint density at radius 2 is 1.50 bits per heavy atom. The zero-order valence-electron chi connectivity index (χ0n) is 11.0. The van der Waals surface area contributed by atoms with Crippen LogP contribution in [0.4, 0.5) is 0 Å². The summed E-state index contributed by atoms with van der Waals surface area (Å²) in [6, 6.07) is 2.66. The Balaban J connectivity index is 4.04. The van der Waals surface area contributed by atoms with Crippen LogP contribution >= 0.6 is 0 Å². The minimum atomic E-state index is -1.35. The van der Waals surface area contributed by atoms with E-state index in [4.69, 9.17) is 4.43 Å². The van der Waals surface area contributed by atoms with Crippen LogP contribution < -0.4 is 0 Å². The van der Waals surface area contributed by atoms with Gasteiger partial charge in [-0.2, -0.15) is 0 Å². The first-order chi connectivity index (χ1) is 6.21. The molecule has 0 bridgehead atoms. The van der Waals surface area contributed by atoms with E-state index in [0.29, 0.717) is 0 Å². The highest BCUT2D eigenvalue weighted by Crippen LogP contribution is 2.22. The van der Waals surface area contributed by atoms with Crippen LogP contribution in [-0.2, 0) is 4.43 Å². The van der Waals surface area contributed by atoms with E-state index in [1.165, 1.54) is 12.1 Å². The third-order valence-electron chi connectivity index (χ3n) is 3.08. The lowest BCUT2D eigenvalue weighted by atomic mass is 10.9. The van der Waals surface area contributed by atoms with Crippen molar-refractivity contribution in [3.05, 3.63) is 0 Å². The summed E-state index contributed by atoms with van der Waals surface area (Å²) in [7, 11) is 1.94. The fourth-order valence-corrected chi connectivity index (χ4v) is 7.52. The van der Waals surface area contributed by atoms with Crippen molar-refractivity contribution in [1.82, 2.24) is 4.57 Å². The molecule has 0 aromatic rings. The lowest BCUT2D eigenvalue weighted by Gasteiger charge is -2.33. The van der Waals surface area contributed by atoms with Crippen LogP contribution in [0.25, 0.3) is 0 Å². The van der Waals surface area contributed by atoms with Gasteiger partial charge in [-0.3, -0.25) is 0 Å². The highest BCUT2D eigenvalue weighted by Gasteiger charge is 2.29. The van der Waals surface area contributed by atoms with Crippen LogP contribution in [0.15, 0.2) is 0 Å². The summed E-state index contributed by atoms with van der Waals surface area (Å²) in [5.74, 6) is 0. The van der Waals surface area contributed by atoms with Crippen molar-refractivity contribution < 1.29 is 4.43 Å². The van der Waals surface area contributed by atoms with Crippen LogP contribution in [0.3, 0.4) is 0 Å². The molecule has 0 heterocycles. The fraction of sp³-hybridized carbons (Fsp3) is 1.00. The molecule has 0 atom stereocenters. The molecule has 2 nitrogen and oxygen atoms in total. The Morgan fingerprint density at radius 3 is 1.86 bits per heavy atom. The van der Waals surface area contributed by atoms with Crippen LogP contribution in [0.5, 0.6) is 0 Å². The van der Waals surface area contributed by atoms with Gasteiger partial charge >= 0.3 is 0 Å². The van der Waals surface area contributed by atoms with E-state index >= 15 is 0 Å². The Morgan fingerprint density at radius 1 is 1.00 bits per heavy atom. The Labute approximate surface area is 91.9 Å². The quantitative estimate of drug-likeness (QED) is 0.654. The van der Waals surface area contributed by atoms with Gasteiger partial charge in [0.2, 0.25) is 0 Å². The number of hydrogen-bond donors (Lipinski definition) is 0. The lowest BCUT2D eigenvalue weighted by molar-refractivity contribution is 0.330. The Bertz CT molecular complexity index is 170. The first kappa shape index (κ1) is 14.4. The molecule has 0 fully saturated rings. The minimum Gasteiger partial charge on any atom is -0.418 e. The molecule has 0 saturated carbocycles. The molecule has 0 aliphatic heterocycles. The molecule has 0 rings (SSSR count). The molecule has 0 N–H and O–H groups in total. The van der Waals surface area contributed by atoms with Crippen molar-refractivity contribution in [2.24, 2.45) is 0 Å². The predicted octanol–water partition coefficient (Wildman–Crippen LogP) is 2.99. The normalized spacial score (nSPS) is 13.7. The molecule has 0 radical (unpaired) electrons. The molecular formula is C10H27NOSi2. The zero-order chi connectivity index (χ0) is 11.4. The Hall–Kier alpha value is 0.354. The smallest absolute Gasteiger partial charge is 0.186 e. The van der Waals surface area contributed by atoms with Crippen molar-refractivity contribution >= 4 is 16.6 Å². The second kappa shape index (κ2) is 5.44. The topological polar surface area (TPSA) is 12.5 Å². The summed E-state index contributed by atoms with van der Waals surface area (Å²) >= 11 is 0. The fourth-order valence-electron chi connectivity index (χ4n) is 1.29. The van der Waals surface area contributed by atoms with Crippen molar-refractivity contribution in [2.45, 2.75) is 45.2 Å². The molecule has 0 aliphatic carbocycles. The van der Waals surface area contributed by atoms with Gasteiger partial charge < -0.3 is 8.99 Å². The van der Waals surface area contributed by atoms with Gasteiger partial charge in [0.15, 0.2) is 8.32 Å². The monoisotopic (exact) mass is 233 g/mol. The van der Waals surface area contributed by atoms with E-state index in [9.17, 15) is 0 Å². The molecule has 0 amide bonds. The van der Waals surface area contributed by atoms with Gasteiger partial charge in [-0.05, 0) is 46.2 Å². The second-order valence-electron chi connectivity index (χ2n) is 5.40. The molecule has 0 spiro atoms. The van der Waals surface area contributed by atoms with E-state index in [-0.39, 0.29) is 0 Å². The molecule has 0 aliphatic rings. The zero-order valence-corrected chi connectivity index (χ0v) is 13.0. The highest BCUT2D eigenvalue weighted by molar-refractivity contribution is 6.78. The van der Waals surface area contributed by atoms with E-state index in [2.05, 4.69) is 51.8 Å². The molecule has 0 unspecified atom stereocenters. The summed E-state index contributed by atoms with van der Waals surface area (Å²) < 4.78 is 8.28. The third-order valence-corrected chi connectivity index (χ3v) is 10.0. The van der Waals surface area contributed by atoms with E-state index in [0.717, 1.165) is 6.61 Å². The van der Waals surface area contributed by atoms with Gasteiger partial charge in [0, 0.05) is 6.61 Å². The van der Waals surface area contributed by atoms with Crippen molar-refractivity contribution in [1.29, 1.82) is 0 Å². The second-order valence-corrected chi connectivity index (χ2v) is 14.7. The van der Waals surface area contributed by atoms with E-state index < -0.39 is 16.6 Å². The average Bonchev–Trinajstić information content (AvgIpc) is 2.01. The molecule has 0 aromatic heterocycles. The van der Waals surface area contributed by atoms with Crippen molar-refractivity contribution in [3.63, 3.8) is 0 Å². The van der Waals surface area contributed by atoms with E-state index in [1.807, 2.05) is 0 Å². The first-order valence-corrected chi connectivity index (χ1v) is 11.8. The number of hydrogen-bond acceptors (Lipinski definition) is 2. The maximum Gasteiger partial charge on any atom is 0.186 e. The summed E-state index contributed by atoms with van der Waals surface area (Å²) in [6.45, 7) is 12.5. The summed E-state index contributed by atoms with van der Waals surface area (Å²) in [5.41, 5.74) is 0. The summed E-state index contributed by atoms with van der Waals surface area (Å²) in [6.07, 6.45) is 0. The first-order valence-electron chi connectivity index (χ1n) is 5.53. The van der Waals surface area contributed by atoms with Crippen molar-refractivity contribution in [2.75, 3.05) is 20.7 Å². The molecular weight excluding hydrogens is 206 g/mol. The predicted molar refractivity (Wildman–Crippen MR) is 69.9 cm³/mol. The molecule has 0 aromatic carbocycles. The minimum absolute atomic E-state index is 0.878. The van der Waals surface area contributed by atoms with Crippen LogP contribution in [0.1, 0.15) is 6.92 Å². The maximum absolute atomic E-state index is 5.85. The number of nitrogens with zero attached hydrogens (tertiary/aromatic N) is 1. The Kier molecular flexibility index (Phi) is 5.58. The van der Waals surface area contributed by atoms with Gasteiger partial charge in [-0.25, -0.2) is 0 Å². The number of rotatable bonds is 6. The van der Waals surface area contributed by atoms with Gasteiger partial charge in [0.05, 0.1) is 0 Å². The molecule has 0 saturated heterocycles. The lowest BCUT2D eigenvalue weighted by Crippen LogP contribution is -2.45. The van der Waals surface area contributed by atoms with Crippen LogP contribution in [-0.4, -0.2) is 41.8 Å². The van der Waals surface area contributed by atoms with Crippen molar-refractivity contribution in [3.8, 4) is 0 Å². The highest BCUT2D eigenvalue weighted by atomic mass is 28.4. The van der Waals surface area contributed by atoms with Gasteiger partial charge in [-0.1, -0.05) is 13.1 Å². The average molecular weight is 234 g/mol. The largest absolute Gasteiger partial charge is 0.418 e. The van der Waals surface area contributed by atoms with Crippen LogP contribution in [0.2, 0.25) is 38.3 Å². The summed E-state index contributed by atoms with van der Waals surface area (Å²) in [5, 5.41) is 0. The molecule has 14 heavy (non-hydrogen) atoms. The SMILES string of the molecule is CCO[Si](C)(C)CC[Si](C)(C)N(C)C. The standard InChI is InChI=1S/C10H27NOSi2/c1-8-12-14(6,7)10-9-13(4,5)11(2)3/h8-10H2,1-7H3. The summed E-state index contributed by atoms with van der Waals surface area (Å²) in [4.78, 5) is 0. The molecule has 4 heteroatoms. The van der Waals surface area contributed by atoms with Gasteiger partial charge in [-0.15, -0.1) is 0 Å². The van der Waals surface area contributed by atoms with Gasteiger partial charge in [0.25, 0.3) is 0 Å². The molecule has 86 valence electrons.